The van der Waals surface area contributed by atoms with Gasteiger partial charge in [-0.1, -0.05) is 29.1 Å². The molecule has 0 bridgehead atoms. The molecule has 0 aromatic heterocycles. The lowest BCUT2D eigenvalue weighted by Crippen LogP contribution is -2.60. The van der Waals surface area contributed by atoms with E-state index in [4.69, 9.17) is 18.8 Å². The van der Waals surface area contributed by atoms with Crippen LogP contribution in [0.1, 0.15) is 5.56 Å². The number of thioether (sulfide) groups is 1. The second-order valence-corrected chi connectivity index (χ2v) is 10.6. The molecule has 38 heavy (non-hydrogen) atoms. The van der Waals surface area contributed by atoms with Crippen LogP contribution < -0.4 is 4.74 Å². The third-order valence-corrected chi connectivity index (χ3v) is 7.09. The van der Waals surface area contributed by atoms with E-state index < -0.39 is 84.2 Å². The molecule has 2 fully saturated rings. The fourth-order valence-electron chi connectivity index (χ4n) is 3.64. The molecule has 2 aliphatic heterocycles. The molecule has 18 heteroatoms. The largest absolute Gasteiger partial charge is 0.466 e. The van der Waals surface area contributed by atoms with E-state index in [1.54, 1.807) is 0 Å². The van der Waals surface area contributed by atoms with Gasteiger partial charge in [-0.25, -0.2) is 4.28 Å². The first kappa shape index (κ1) is 30.9. The number of rotatable bonds is 9. The number of aliphatic hydroxyl groups is 8. The van der Waals surface area contributed by atoms with Crippen LogP contribution in [0.2, 0.25) is 0 Å². The van der Waals surface area contributed by atoms with Crippen LogP contribution in [0, 0.1) is 0 Å². The smallest absolute Gasteiger partial charge is 0.462 e. The third kappa shape index (κ3) is 7.72. The van der Waals surface area contributed by atoms with Crippen molar-refractivity contribution < 1.29 is 72.3 Å². The summed E-state index contributed by atoms with van der Waals surface area (Å²) in [4.78, 5) is 0. The van der Waals surface area contributed by atoms with Crippen LogP contribution in [0.5, 0.6) is 5.75 Å². The normalized spacial score (nSPS) is 36.6. The Morgan fingerprint density at radius 3 is 1.95 bits per heavy atom. The van der Waals surface area contributed by atoms with E-state index in [0.29, 0.717) is 17.3 Å². The number of benzene rings is 1. The summed E-state index contributed by atoms with van der Waals surface area (Å²) >= 11 is 0.606. The lowest BCUT2D eigenvalue weighted by atomic mass is 9.99. The molecule has 16 nitrogen and oxygen atoms in total. The molecular weight excluding hydrogens is 558 g/mol. The van der Waals surface area contributed by atoms with Gasteiger partial charge in [0.25, 0.3) is 0 Å². The minimum absolute atomic E-state index is 0.146. The Balaban J connectivity index is 1.72. The first-order valence-electron chi connectivity index (χ1n) is 11.1. The molecule has 2 aliphatic rings. The van der Waals surface area contributed by atoms with Crippen molar-refractivity contribution >= 4 is 27.2 Å². The monoisotopic (exact) mass is 587 g/mol. The summed E-state index contributed by atoms with van der Waals surface area (Å²) in [5.74, 6) is 0.146. The molecule has 0 radical (unpaired) electrons. The zero-order valence-electron chi connectivity index (χ0n) is 19.4. The van der Waals surface area contributed by atoms with Crippen molar-refractivity contribution in [3.05, 3.63) is 29.8 Å². The Labute approximate surface area is 220 Å². The molecule has 2 heterocycles. The van der Waals surface area contributed by atoms with Crippen molar-refractivity contribution in [3.8, 4) is 5.75 Å². The zero-order valence-corrected chi connectivity index (χ0v) is 21.1. The molecule has 0 unspecified atom stereocenters. The first-order chi connectivity index (χ1) is 17.8. The Morgan fingerprint density at radius 2 is 1.39 bits per heavy atom. The molecule has 0 aliphatic carbocycles. The predicted octanol–water partition coefficient (Wildman–Crippen LogP) is -3.93. The van der Waals surface area contributed by atoms with Gasteiger partial charge in [0.05, 0.1) is 13.2 Å². The number of aliphatic hydroxyl groups excluding tert-OH is 8. The predicted molar refractivity (Wildman–Crippen MR) is 126 cm³/mol. The molecule has 216 valence electrons. The summed E-state index contributed by atoms with van der Waals surface area (Å²) in [6, 6.07) is 5.79. The van der Waals surface area contributed by atoms with Crippen LogP contribution in [0.3, 0.4) is 0 Å². The van der Waals surface area contributed by atoms with Gasteiger partial charge in [-0.15, -0.1) is 0 Å². The second-order valence-electron chi connectivity index (χ2n) is 8.44. The number of oxime groups is 1. The van der Waals surface area contributed by atoms with Gasteiger partial charge in [0.2, 0.25) is 6.29 Å². The Morgan fingerprint density at radius 1 is 0.842 bits per heavy atom. The topological polar surface area (TPSA) is 265 Å². The number of ether oxygens (including phenoxy) is 3. The van der Waals surface area contributed by atoms with Crippen LogP contribution in [-0.4, -0.2) is 133 Å². The van der Waals surface area contributed by atoms with E-state index in [1.165, 1.54) is 24.3 Å². The second kappa shape index (κ2) is 13.1. The van der Waals surface area contributed by atoms with E-state index in [0.717, 1.165) is 0 Å². The zero-order chi connectivity index (χ0) is 28.2. The minimum atomic E-state index is -4.99. The van der Waals surface area contributed by atoms with Crippen molar-refractivity contribution in [1.29, 1.82) is 0 Å². The molecule has 2 saturated heterocycles. The highest BCUT2D eigenvalue weighted by Crippen LogP contribution is 2.31. The summed E-state index contributed by atoms with van der Waals surface area (Å²) in [6.07, 6.45) is -13.8. The van der Waals surface area contributed by atoms with E-state index in [9.17, 15) is 49.3 Å². The lowest BCUT2D eigenvalue weighted by Gasteiger charge is -2.39. The lowest BCUT2D eigenvalue weighted by molar-refractivity contribution is -0.277. The first-order valence-corrected chi connectivity index (χ1v) is 13.3. The standard InChI is InChI=1S/C20H29NO15S2/c22-6-10-13(24)15(26)17(28)19(34-10)33-9-3-1-8(2-4-9)5-12(21-36-38(30,31)32)37-20-18(29)16(27)14(25)11(7-23)35-20/h1-4,10-11,13-20,22-29H,5-7H2,(H,30,31,32)/b21-12-/t10-,11-,13-,14-,15+,16+,17-,18-,19-,20+/m1/s1. The SMILES string of the molecule is O=S(=O)(O)O/N=C(/Cc1ccc(O[C@@H]2O[C@H](CO)[C@@H](O)[C@H](O)[C@H]2O)cc1)S[C@@H]1O[C@H](CO)[C@@H](O)[C@H](O)[C@H]1O. The van der Waals surface area contributed by atoms with E-state index >= 15 is 0 Å². The molecule has 1 aromatic carbocycles. The fourth-order valence-corrected chi connectivity index (χ4v) is 4.97. The Bertz CT molecular complexity index is 1040. The average Bonchev–Trinajstić information content (AvgIpc) is 2.88. The van der Waals surface area contributed by atoms with Crippen LogP contribution in [0.4, 0.5) is 0 Å². The Kier molecular flexibility index (Phi) is 10.7. The molecule has 10 atom stereocenters. The van der Waals surface area contributed by atoms with Crippen molar-refractivity contribution in [2.45, 2.75) is 67.0 Å². The van der Waals surface area contributed by atoms with Crippen LogP contribution in [0.15, 0.2) is 29.4 Å². The van der Waals surface area contributed by atoms with Gasteiger partial charge in [-0.2, -0.15) is 8.42 Å². The molecule has 0 spiro atoms. The van der Waals surface area contributed by atoms with Crippen molar-refractivity contribution in [2.24, 2.45) is 5.16 Å². The molecule has 9 N–H and O–H groups in total. The molecule has 0 amide bonds. The average molecular weight is 588 g/mol. The molecular formula is C20H29NO15S2. The number of nitrogens with zero attached hydrogens (tertiary/aromatic N) is 1. The maximum absolute atomic E-state index is 11.0. The Hall–Kier alpha value is -1.65. The minimum Gasteiger partial charge on any atom is -0.462 e. The van der Waals surface area contributed by atoms with Crippen LogP contribution in [0.25, 0.3) is 0 Å². The van der Waals surface area contributed by atoms with Gasteiger partial charge < -0.3 is 55.1 Å². The van der Waals surface area contributed by atoms with Gasteiger partial charge in [0, 0.05) is 6.42 Å². The summed E-state index contributed by atoms with van der Waals surface area (Å²) in [5, 5.41) is 81.8. The number of hydrogen-bond donors (Lipinski definition) is 9. The van der Waals surface area contributed by atoms with E-state index in [-0.39, 0.29) is 17.2 Å². The van der Waals surface area contributed by atoms with Crippen molar-refractivity contribution in [3.63, 3.8) is 0 Å². The maximum atomic E-state index is 11.0. The van der Waals surface area contributed by atoms with E-state index in [1.807, 2.05) is 0 Å². The summed E-state index contributed by atoms with van der Waals surface area (Å²) in [6.45, 7) is -1.32. The van der Waals surface area contributed by atoms with Gasteiger partial charge in [0.15, 0.2) is 0 Å². The molecule has 1 aromatic rings. The number of hydrogen-bond acceptors (Lipinski definition) is 16. The van der Waals surface area contributed by atoms with Gasteiger partial charge in [-0.05, 0) is 17.7 Å². The van der Waals surface area contributed by atoms with Crippen molar-refractivity contribution in [1.82, 2.24) is 0 Å². The molecule has 3 rings (SSSR count). The quantitative estimate of drug-likeness (QED) is 0.0578. The van der Waals surface area contributed by atoms with Crippen molar-refractivity contribution in [2.75, 3.05) is 13.2 Å². The highest BCUT2D eigenvalue weighted by Gasteiger charge is 2.45. The summed E-state index contributed by atoms with van der Waals surface area (Å²) in [5.41, 5.74) is -0.857. The fraction of sp³-hybridized carbons (Fsp3) is 0.650. The van der Waals surface area contributed by atoms with Crippen LogP contribution >= 0.6 is 11.8 Å². The summed E-state index contributed by atoms with van der Waals surface area (Å²) < 4.78 is 51.1. The maximum Gasteiger partial charge on any atom is 0.466 e. The van der Waals surface area contributed by atoms with Crippen LogP contribution in [-0.2, 0) is 30.6 Å². The third-order valence-electron chi connectivity index (χ3n) is 5.71. The summed E-state index contributed by atoms with van der Waals surface area (Å²) in [7, 11) is -4.99. The van der Waals surface area contributed by atoms with Gasteiger partial charge in [-0.3, -0.25) is 4.55 Å². The highest BCUT2D eigenvalue weighted by molar-refractivity contribution is 8.14. The molecule has 0 saturated carbocycles. The van der Waals surface area contributed by atoms with E-state index in [2.05, 4.69) is 9.44 Å². The van der Waals surface area contributed by atoms with Gasteiger partial charge in [0.1, 0.15) is 65.1 Å². The van der Waals surface area contributed by atoms with Gasteiger partial charge >= 0.3 is 10.4 Å². The highest BCUT2D eigenvalue weighted by atomic mass is 32.3.